The van der Waals surface area contributed by atoms with Gasteiger partial charge in [-0.15, -0.1) is 0 Å². The number of aliphatic hydroxyl groups is 2. The number of guanidine groups is 1. The lowest BCUT2D eigenvalue weighted by atomic mass is 10.0. The lowest BCUT2D eigenvalue weighted by molar-refractivity contribution is -0.142. The van der Waals surface area contributed by atoms with Gasteiger partial charge in [0, 0.05) is 81.1 Å². The molecule has 1 fully saturated rings. The molecule has 0 spiro atoms. The van der Waals surface area contributed by atoms with Crippen molar-refractivity contribution in [2.24, 2.45) is 23.1 Å². The summed E-state index contributed by atoms with van der Waals surface area (Å²) in [4.78, 5) is 220. The lowest BCUT2D eigenvalue weighted by Gasteiger charge is -2.30. The summed E-state index contributed by atoms with van der Waals surface area (Å²) in [6, 6.07) is 3.00. The van der Waals surface area contributed by atoms with Crippen LogP contribution in [0, 0.1) is 11.3 Å². The number of phenolic OH excluding ortho intramolecular Hbond substituents is 1. The molecule has 40 heteroatoms. The van der Waals surface area contributed by atoms with Gasteiger partial charge in [-0.2, -0.15) is 0 Å². The van der Waals surface area contributed by atoms with Crippen molar-refractivity contribution >= 4 is 106 Å². The molecule has 1 aliphatic rings. The molecule has 642 valence electrons. The van der Waals surface area contributed by atoms with Crippen LogP contribution in [0.15, 0.2) is 97.6 Å². The number of nitrogens with two attached hydrogens (primary N) is 3. The quantitative estimate of drug-likeness (QED) is 0.01000. The van der Waals surface area contributed by atoms with Crippen LogP contribution in [-0.2, 0) is 97.6 Å². The number of carboxylic acids is 1. The Morgan fingerprint density at radius 3 is 1.60 bits per heavy atom. The molecule has 0 radical (unpaired) electrons. The molecule has 26 N–H and O–H groups in total. The summed E-state index contributed by atoms with van der Waals surface area (Å²) >= 11 is 0. The average Bonchev–Trinajstić information content (AvgIpc) is 1.64. The van der Waals surface area contributed by atoms with E-state index in [9.17, 15) is 78.0 Å². The Hall–Kier alpha value is -12.6. The Morgan fingerprint density at radius 2 is 1.07 bits per heavy atom. The van der Waals surface area contributed by atoms with E-state index in [2.05, 4.69) is 84.1 Å². The number of carbonyl (C=O) groups is 15. The second-order valence-electron chi connectivity index (χ2n) is 29.0. The number of H-pyrrole nitrogens is 2. The van der Waals surface area contributed by atoms with Crippen molar-refractivity contribution < 1.29 is 92.3 Å². The van der Waals surface area contributed by atoms with Crippen molar-refractivity contribution in [2.45, 2.75) is 203 Å². The van der Waals surface area contributed by atoms with E-state index in [4.69, 9.17) is 22.6 Å². The van der Waals surface area contributed by atoms with E-state index in [1.807, 2.05) is 0 Å². The van der Waals surface area contributed by atoms with Gasteiger partial charge in [0.25, 0.3) is 0 Å². The molecule has 2 aromatic heterocycles. The summed E-state index contributed by atoms with van der Waals surface area (Å²) in [6.45, 7) is 3.96. The number of nitrogens with one attached hydrogen (secondary N) is 16. The number of aliphatic carboxylic acids is 1. The predicted molar refractivity (Wildman–Crippen MR) is 428 cm³/mol. The SMILES string of the molecule is CCCC[C@H](NC(=O)[C@H](CO)NC(=O)[C@H](Cc1ccc(O)cc1)NC(=O)[C@H](CO)NC(C)=O)C(=O)N[C@@H](CCC(=O)O)C(=O)N[C@@H](Cc1cnc[nH]1)C(=O)N[C@H](Cc1ccccc1)C(=O)N[C@@H](CCCNC(=N)N)C(=O)N[C@@H](Cc1c[nH]c2ccccc12)C(=O)NCC(=O)N[C@@H](CCCCN)C(=O)N1CCC[C@@H]1C(=O)N[C@H](C(N)=O)C(C)C. The number of aromatic hydroxyl groups is 1. The van der Waals surface area contributed by atoms with Crippen LogP contribution in [0.4, 0.5) is 0 Å². The zero-order valence-corrected chi connectivity index (χ0v) is 66.3. The molecule has 1 aliphatic heterocycles. The third-order valence-corrected chi connectivity index (χ3v) is 19.5. The number of benzene rings is 3. The Kier molecular flexibility index (Phi) is 38.4. The minimum absolute atomic E-state index is 0.00399. The summed E-state index contributed by atoms with van der Waals surface area (Å²) in [5, 5.41) is 81.9. The number of phenols is 1. The fourth-order valence-corrected chi connectivity index (χ4v) is 13.1. The molecule has 3 heterocycles. The number of para-hydroxylation sites is 1. The first-order valence-electron chi connectivity index (χ1n) is 39.1. The fraction of sp³-hybridized carbons (Fsp3) is 0.500. The second-order valence-corrected chi connectivity index (χ2v) is 29.0. The zero-order valence-electron chi connectivity index (χ0n) is 66.3. The van der Waals surface area contributed by atoms with Gasteiger partial charge in [-0.25, -0.2) is 4.98 Å². The number of aliphatic hydroxyl groups excluding tert-OH is 2. The smallest absolute Gasteiger partial charge is 0.303 e. The van der Waals surface area contributed by atoms with Crippen molar-refractivity contribution in [1.29, 1.82) is 5.41 Å². The lowest BCUT2D eigenvalue weighted by Crippen LogP contribution is -2.61. The van der Waals surface area contributed by atoms with Crippen LogP contribution in [0.25, 0.3) is 10.9 Å². The summed E-state index contributed by atoms with van der Waals surface area (Å²) < 4.78 is 0. The number of primary amides is 1. The molecular formula is C78H111N21O19. The number of fused-ring (bicyclic) bond motifs is 1. The number of nitrogens with zero attached hydrogens (tertiary/aromatic N) is 2. The molecule has 0 aliphatic carbocycles. The van der Waals surface area contributed by atoms with Crippen LogP contribution >= 0.6 is 0 Å². The highest BCUT2D eigenvalue weighted by Gasteiger charge is 2.41. The predicted octanol–water partition coefficient (Wildman–Crippen LogP) is -4.10. The van der Waals surface area contributed by atoms with Crippen LogP contribution < -0.4 is 86.3 Å². The largest absolute Gasteiger partial charge is 0.508 e. The third kappa shape index (κ3) is 30.6. The van der Waals surface area contributed by atoms with Gasteiger partial charge in [0.15, 0.2) is 5.96 Å². The average molecular weight is 1650 g/mol. The first-order chi connectivity index (χ1) is 56.3. The van der Waals surface area contributed by atoms with Gasteiger partial charge in [0.1, 0.15) is 78.3 Å². The minimum Gasteiger partial charge on any atom is -0.508 e. The fourth-order valence-electron chi connectivity index (χ4n) is 13.1. The Labute approximate surface area is 680 Å². The highest BCUT2D eigenvalue weighted by molar-refractivity contribution is 6.00. The molecule has 0 unspecified atom stereocenters. The minimum atomic E-state index is -1.83. The molecule has 0 saturated carbocycles. The maximum Gasteiger partial charge on any atom is 0.303 e. The van der Waals surface area contributed by atoms with Crippen molar-refractivity contribution in [3.05, 3.63) is 120 Å². The third-order valence-electron chi connectivity index (χ3n) is 19.5. The van der Waals surface area contributed by atoms with Crippen molar-refractivity contribution in [3.8, 4) is 5.75 Å². The van der Waals surface area contributed by atoms with Gasteiger partial charge in [0.05, 0.1) is 26.1 Å². The maximum atomic E-state index is 15.2. The number of carboxylic acid groups (broad SMARTS) is 1. The Balaban J connectivity index is 1.25. The van der Waals surface area contributed by atoms with Crippen LogP contribution in [0.2, 0.25) is 0 Å². The van der Waals surface area contributed by atoms with Crippen LogP contribution in [0.1, 0.15) is 127 Å². The molecule has 118 heavy (non-hydrogen) atoms. The number of hydrogen-bond acceptors (Lipinski definition) is 21. The number of aromatic nitrogens is 3. The van der Waals surface area contributed by atoms with Crippen LogP contribution in [-0.4, -0.2) is 247 Å². The summed E-state index contributed by atoms with van der Waals surface area (Å²) in [6.07, 6.45) is 3.71. The molecule has 6 rings (SSSR count). The molecule has 1 saturated heterocycles. The summed E-state index contributed by atoms with van der Waals surface area (Å²) in [5.74, 6) is -15.1. The molecule has 0 bridgehead atoms. The van der Waals surface area contributed by atoms with Crippen LogP contribution in [0.3, 0.4) is 0 Å². The zero-order chi connectivity index (χ0) is 86.5. The summed E-state index contributed by atoms with van der Waals surface area (Å²) in [7, 11) is 0. The van der Waals surface area contributed by atoms with Gasteiger partial charge >= 0.3 is 5.97 Å². The van der Waals surface area contributed by atoms with Crippen molar-refractivity contribution in [1.82, 2.24) is 89.0 Å². The number of carbonyl (C=O) groups excluding carboxylic acids is 14. The van der Waals surface area contributed by atoms with Crippen molar-refractivity contribution in [2.75, 3.05) is 39.4 Å². The van der Waals surface area contributed by atoms with Crippen LogP contribution in [0.5, 0.6) is 5.75 Å². The van der Waals surface area contributed by atoms with E-state index in [0.29, 0.717) is 53.3 Å². The second kappa shape index (κ2) is 48.1. The normalized spacial score (nSPS) is 15.2. The van der Waals surface area contributed by atoms with E-state index in [1.165, 1.54) is 41.7 Å². The molecule has 12 atom stereocenters. The molecule has 5 aromatic rings. The van der Waals surface area contributed by atoms with Gasteiger partial charge in [-0.05, 0) is 105 Å². The van der Waals surface area contributed by atoms with E-state index in [0.717, 1.165) is 6.92 Å². The summed E-state index contributed by atoms with van der Waals surface area (Å²) in [5.41, 5.74) is 19.3. The highest BCUT2D eigenvalue weighted by atomic mass is 16.4. The first kappa shape index (κ1) is 94.3. The monoisotopic (exact) mass is 1650 g/mol. The number of amides is 14. The number of hydrogen-bond donors (Lipinski definition) is 23. The molecule has 40 nitrogen and oxygen atoms in total. The number of aromatic amines is 2. The van der Waals surface area contributed by atoms with Gasteiger partial charge in [-0.1, -0.05) is 94.3 Å². The number of likely N-dealkylation sites (tertiary alicyclic amines) is 1. The molecule has 3 aromatic carbocycles. The van der Waals surface area contributed by atoms with Gasteiger partial charge in [0.2, 0.25) is 82.7 Å². The van der Waals surface area contributed by atoms with E-state index in [-0.39, 0.29) is 101 Å². The standard InChI is InChI=1S/C78H111N21O19/c1-5-6-19-52(91-75(116)61(41-101)97-72(113)57(34-46-24-26-49(103)27-25-46)94-74(115)60(40-100)88-44(4)102)68(109)92-54(28-29-64(105)106)70(111)96-59(36-48-38-83-42-87-48)73(114)93-56(33-45-16-8-7-9-17-45)71(112)90-53(22-14-31-84-78(81)82)69(110)95-58(35-47-37-85-51-20-11-10-18-50(47)51)67(108)86-39-63(104)89-55(21-12-13-30-79)77(118)99-32-15-23-62(99)76(117)98-65(43(2)3)66(80)107/h7-11,16-18,20,24-27,37-38,42-43,52-62,65,85,100-101,103H,5-6,12-15,19,21-23,28-36,39-41,79H2,1-4H3,(H2,80,107)(H,83,87)(H,86,108)(H,88,102)(H,89,104)(H,90,112)(H,91,116)(H,92,109)(H,93,114)(H,94,115)(H,95,110)(H,96,111)(H,97,113)(H,98,117)(H,105,106)(H4,81,82,84)/t52-,53-,54-,55-,56+,57-,58-,59-,60-,61-,62+,65-/m0/s1. The van der Waals surface area contributed by atoms with Crippen molar-refractivity contribution in [3.63, 3.8) is 0 Å². The first-order valence-corrected chi connectivity index (χ1v) is 39.1. The topological polar surface area (TPSA) is 643 Å². The number of imidazole rings is 1. The number of unbranched alkanes of at least 4 members (excludes halogenated alkanes) is 2. The molecular weight excluding hydrogens is 1530 g/mol. The van der Waals surface area contributed by atoms with E-state index < -0.39 is 200 Å². The number of rotatable bonds is 50. The highest BCUT2D eigenvalue weighted by Crippen LogP contribution is 2.23. The van der Waals surface area contributed by atoms with E-state index in [1.54, 1.807) is 81.6 Å². The Bertz CT molecular complexity index is 4240. The Morgan fingerprint density at radius 1 is 0.559 bits per heavy atom. The van der Waals surface area contributed by atoms with Gasteiger partial charge in [-0.3, -0.25) is 77.3 Å². The maximum absolute atomic E-state index is 15.2. The van der Waals surface area contributed by atoms with Gasteiger partial charge < -0.3 is 122 Å². The van der Waals surface area contributed by atoms with E-state index >= 15 is 14.4 Å². The molecule has 14 amide bonds.